The molecule has 0 fully saturated rings. The molecule has 0 saturated heterocycles. The fraction of sp³-hybridized carbons (Fsp3) is 0. The maximum Gasteiger partial charge on any atom is 0.0555 e. The van der Waals surface area contributed by atoms with E-state index < -0.39 is 0 Å². The van der Waals surface area contributed by atoms with Crippen LogP contribution >= 0.6 is 22.7 Å². The SMILES string of the molecule is c1ccc(N(c2ccccc2-c2cccc3ccccc23)c2cccc3sc4ccccc4c23)c(-c2ccc3sc4ccccc4c3c2)c1. The summed E-state index contributed by atoms with van der Waals surface area (Å²) in [5.74, 6) is 0. The Hall–Kier alpha value is -5.74. The number of benzene rings is 8. The van der Waals surface area contributed by atoms with E-state index in [1.807, 2.05) is 22.7 Å². The second-order valence-corrected chi connectivity index (χ2v) is 14.6. The minimum Gasteiger partial charge on any atom is -0.309 e. The minimum atomic E-state index is 1.15. The van der Waals surface area contributed by atoms with E-state index in [-0.39, 0.29) is 0 Å². The van der Waals surface area contributed by atoms with E-state index in [4.69, 9.17) is 0 Å². The molecule has 230 valence electrons. The summed E-state index contributed by atoms with van der Waals surface area (Å²) in [6.07, 6.45) is 0. The van der Waals surface area contributed by atoms with E-state index in [1.54, 1.807) is 0 Å². The number of para-hydroxylation sites is 2. The molecule has 3 heteroatoms. The summed E-state index contributed by atoms with van der Waals surface area (Å²) in [6, 6.07) is 64.5. The van der Waals surface area contributed by atoms with Crippen molar-refractivity contribution in [1.29, 1.82) is 0 Å². The molecule has 0 atom stereocenters. The Morgan fingerprint density at radius 3 is 1.71 bits per heavy atom. The third kappa shape index (κ3) is 4.58. The zero-order valence-electron chi connectivity index (χ0n) is 26.5. The van der Waals surface area contributed by atoms with Crippen LogP contribution in [0.1, 0.15) is 0 Å². The van der Waals surface area contributed by atoms with Crippen molar-refractivity contribution in [2.45, 2.75) is 0 Å². The Bertz CT molecular complexity index is 2850. The molecular weight excluding hydrogens is 631 g/mol. The summed E-state index contributed by atoms with van der Waals surface area (Å²) >= 11 is 3.73. The first-order chi connectivity index (χ1) is 24.3. The zero-order chi connectivity index (χ0) is 32.3. The van der Waals surface area contributed by atoms with Crippen LogP contribution in [-0.2, 0) is 0 Å². The zero-order valence-corrected chi connectivity index (χ0v) is 28.1. The Kier molecular flexibility index (Phi) is 6.61. The van der Waals surface area contributed by atoms with Crippen LogP contribution in [-0.4, -0.2) is 0 Å². The van der Waals surface area contributed by atoms with Gasteiger partial charge in [0, 0.05) is 51.5 Å². The summed E-state index contributed by atoms with van der Waals surface area (Å²) in [7, 11) is 0. The van der Waals surface area contributed by atoms with Crippen molar-refractivity contribution in [1.82, 2.24) is 0 Å². The molecule has 0 bridgehead atoms. The van der Waals surface area contributed by atoms with Gasteiger partial charge in [0.15, 0.2) is 0 Å². The van der Waals surface area contributed by atoms with Gasteiger partial charge in [-0.1, -0.05) is 127 Å². The van der Waals surface area contributed by atoms with Crippen molar-refractivity contribution in [2.75, 3.05) is 4.90 Å². The minimum absolute atomic E-state index is 1.15. The molecule has 0 saturated carbocycles. The van der Waals surface area contributed by atoms with Crippen LogP contribution in [0.25, 0.3) is 73.4 Å². The first kappa shape index (κ1) is 28.3. The monoisotopic (exact) mass is 659 g/mol. The number of nitrogens with zero attached hydrogens (tertiary/aromatic N) is 1. The van der Waals surface area contributed by atoms with E-state index in [1.165, 1.54) is 79.1 Å². The number of rotatable bonds is 5. The van der Waals surface area contributed by atoms with Gasteiger partial charge in [-0.25, -0.2) is 0 Å². The molecule has 0 aliphatic carbocycles. The Morgan fingerprint density at radius 1 is 0.327 bits per heavy atom. The molecular formula is C46H29NS2. The number of fused-ring (bicyclic) bond motifs is 7. The molecule has 0 aliphatic heterocycles. The fourth-order valence-electron chi connectivity index (χ4n) is 7.49. The summed E-state index contributed by atoms with van der Waals surface area (Å²) in [4.78, 5) is 2.52. The molecule has 2 heterocycles. The molecule has 10 rings (SSSR count). The van der Waals surface area contributed by atoms with Crippen LogP contribution < -0.4 is 4.90 Å². The highest BCUT2D eigenvalue weighted by molar-refractivity contribution is 7.26. The van der Waals surface area contributed by atoms with E-state index in [0.717, 1.165) is 11.4 Å². The summed E-state index contributed by atoms with van der Waals surface area (Å²) in [5.41, 5.74) is 8.31. The van der Waals surface area contributed by atoms with E-state index in [0.29, 0.717) is 0 Å². The molecule has 0 amide bonds. The van der Waals surface area contributed by atoms with Crippen molar-refractivity contribution in [3.05, 3.63) is 176 Å². The quantitative estimate of drug-likeness (QED) is 0.178. The molecule has 49 heavy (non-hydrogen) atoms. The Balaban J connectivity index is 1.29. The van der Waals surface area contributed by atoms with Gasteiger partial charge in [0.2, 0.25) is 0 Å². The van der Waals surface area contributed by atoms with Crippen molar-refractivity contribution in [3.8, 4) is 22.3 Å². The average Bonchev–Trinajstić information content (AvgIpc) is 3.74. The predicted octanol–water partition coefficient (Wildman–Crippen LogP) is 14.4. The summed E-state index contributed by atoms with van der Waals surface area (Å²) in [6.45, 7) is 0. The van der Waals surface area contributed by atoms with E-state index in [2.05, 4.69) is 181 Å². The lowest BCUT2D eigenvalue weighted by molar-refractivity contribution is 1.30. The summed E-state index contributed by atoms with van der Waals surface area (Å²) < 4.78 is 5.23. The van der Waals surface area contributed by atoms with Gasteiger partial charge in [-0.3, -0.25) is 0 Å². The number of hydrogen-bond acceptors (Lipinski definition) is 3. The van der Waals surface area contributed by atoms with Gasteiger partial charge in [0.1, 0.15) is 0 Å². The molecule has 2 aromatic heterocycles. The number of anilines is 3. The fourth-order valence-corrected chi connectivity index (χ4v) is 9.71. The highest BCUT2D eigenvalue weighted by Gasteiger charge is 2.24. The Morgan fingerprint density at radius 2 is 0.857 bits per heavy atom. The van der Waals surface area contributed by atoms with Crippen molar-refractivity contribution < 1.29 is 0 Å². The smallest absolute Gasteiger partial charge is 0.0555 e. The van der Waals surface area contributed by atoms with Gasteiger partial charge < -0.3 is 4.90 Å². The van der Waals surface area contributed by atoms with Crippen LogP contribution in [0.15, 0.2) is 176 Å². The van der Waals surface area contributed by atoms with Crippen molar-refractivity contribution in [2.24, 2.45) is 0 Å². The molecule has 8 aromatic carbocycles. The van der Waals surface area contributed by atoms with Crippen LogP contribution in [0.3, 0.4) is 0 Å². The van der Waals surface area contributed by atoms with E-state index >= 15 is 0 Å². The van der Waals surface area contributed by atoms with Gasteiger partial charge >= 0.3 is 0 Å². The third-order valence-corrected chi connectivity index (χ3v) is 12.0. The number of hydrogen-bond donors (Lipinski definition) is 0. The van der Waals surface area contributed by atoms with Gasteiger partial charge in [0.05, 0.1) is 17.1 Å². The predicted molar refractivity (Wildman–Crippen MR) is 215 cm³/mol. The van der Waals surface area contributed by atoms with Gasteiger partial charge in [-0.05, 0) is 70.4 Å². The standard InChI is InChI=1S/C46H29NS2/c1-2-15-32-30(13-1)14-11-20-34(32)35-17-4-8-22-40(35)47(41-23-12-26-45-46(41)37-19-6-10-25-43(37)49-45)39-21-7-3-16-33(39)31-27-28-44-38(29-31)36-18-5-9-24-42(36)48-44/h1-29H. The molecule has 0 radical (unpaired) electrons. The second-order valence-electron chi connectivity index (χ2n) is 12.5. The second kappa shape index (κ2) is 11.5. The van der Waals surface area contributed by atoms with Crippen LogP contribution in [0.5, 0.6) is 0 Å². The lowest BCUT2D eigenvalue weighted by atomic mass is 9.94. The molecule has 0 spiro atoms. The highest BCUT2D eigenvalue weighted by atomic mass is 32.1. The molecule has 0 unspecified atom stereocenters. The van der Waals surface area contributed by atoms with Gasteiger partial charge in [-0.15, -0.1) is 22.7 Å². The van der Waals surface area contributed by atoms with Gasteiger partial charge in [-0.2, -0.15) is 0 Å². The van der Waals surface area contributed by atoms with Crippen LogP contribution in [0.2, 0.25) is 0 Å². The largest absolute Gasteiger partial charge is 0.309 e. The van der Waals surface area contributed by atoms with Gasteiger partial charge in [0.25, 0.3) is 0 Å². The van der Waals surface area contributed by atoms with Crippen molar-refractivity contribution >= 4 is 90.9 Å². The summed E-state index contributed by atoms with van der Waals surface area (Å²) in [5, 5.41) is 7.68. The lowest BCUT2D eigenvalue weighted by Gasteiger charge is -2.31. The first-order valence-electron chi connectivity index (χ1n) is 16.6. The van der Waals surface area contributed by atoms with Crippen molar-refractivity contribution in [3.63, 3.8) is 0 Å². The van der Waals surface area contributed by atoms with Crippen LogP contribution in [0.4, 0.5) is 17.1 Å². The van der Waals surface area contributed by atoms with Crippen LogP contribution in [0, 0.1) is 0 Å². The number of thiophene rings is 2. The Labute approximate surface area is 292 Å². The van der Waals surface area contributed by atoms with E-state index in [9.17, 15) is 0 Å². The lowest BCUT2D eigenvalue weighted by Crippen LogP contribution is -2.13. The maximum absolute atomic E-state index is 2.52. The topological polar surface area (TPSA) is 3.24 Å². The molecule has 10 aromatic rings. The normalized spacial score (nSPS) is 11.7. The third-order valence-electron chi connectivity index (χ3n) is 9.68. The molecule has 0 N–H and O–H groups in total. The average molecular weight is 660 g/mol. The highest BCUT2D eigenvalue weighted by Crippen LogP contribution is 2.50. The molecule has 0 aliphatic rings. The molecule has 1 nitrogen and oxygen atoms in total. The first-order valence-corrected chi connectivity index (χ1v) is 18.2. The maximum atomic E-state index is 2.52.